The Morgan fingerprint density at radius 1 is 1.19 bits per heavy atom. The van der Waals surface area contributed by atoms with Crippen LogP contribution in [0.2, 0.25) is 0 Å². The Labute approximate surface area is 187 Å². The van der Waals surface area contributed by atoms with E-state index in [2.05, 4.69) is 9.24 Å². The summed E-state index contributed by atoms with van der Waals surface area (Å²) in [5.41, 5.74) is 2.16. The molecular weight excluding hydrogens is 429 g/mol. The molecular formula is C24H24NO6P. The number of aryl methyl sites for hydroxylation is 1. The molecule has 2 aromatic carbocycles. The molecule has 32 heavy (non-hydrogen) atoms. The first kappa shape index (κ1) is 22.1. The van der Waals surface area contributed by atoms with Gasteiger partial charge in [0.25, 0.3) is 0 Å². The van der Waals surface area contributed by atoms with Crippen molar-refractivity contribution in [2.75, 3.05) is 20.3 Å². The fraction of sp³-hybridized carbons (Fsp3) is 0.250. The molecule has 0 fully saturated rings. The van der Waals surface area contributed by atoms with E-state index in [4.69, 9.17) is 14.2 Å². The molecule has 0 saturated heterocycles. The van der Waals surface area contributed by atoms with Crippen molar-refractivity contribution in [2.45, 2.75) is 19.6 Å². The maximum Gasteiger partial charge on any atom is 0.341 e. The lowest BCUT2D eigenvalue weighted by atomic mass is 10.0. The third-order valence-corrected chi connectivity index (χ3v) is 5.71. The largest absolute Gasteiger partial charge is 0.493 e. The average molecular weight is 453 g/mol. The van der Waals surface area contributed by atoms with Crippen molar-refractivity contribution in [1.29, 1.82) is 0 Å². The number of pyridine rings is 1. The molecule has 1 aromatic heterocycles. The third-order valence-electron chi connectivity index (χ3n) is 5.33. The van der Waals surface area contributed by atoms with Crippen molar-refractivity contribution in [3.8, 4) is 22.8 Å². The van der Waals surface area contributed by atoms with Crippen LogP contribution < -0.4 is 20.2 Å². The van der Waals surface area contributed by atoms with E-state index in [1.165, 1.54) is 12.3 Å². The van der Waals surface area contributed by atoms with Crippen LogP contribution in [0.5, 0.6) is 11.5 Å². The van der Waals surface area contributed by atoms with Crippen molar-refractivity contribution < 1.29 is 24.1 Å². The zero-order chi connectivity index (χ0) is 22.8. The topological polar surface area (TPSA) is 87.0 Å². The van der Waals surface area contributed by atoms with Gasteiger partial charge >= 0.3 is 5.97 Å². The quantitative estimate of drug-likeness (QED) is 0.436. The molecule has 0 bridgehead atoms. The number of carboxylic acid groups (broad SMARTS) is 1. The minimum absolute atomic E-state index is 0.303. The maximum atomic E-state index is 12.5. The van der Waals surface area contributed by atoms with Crippen molar-refractivity contribution in [2.24, 2.45) is 0 Å². The molecule has 2 unspecified atom stereocenters. The second-order valence-electron chi connectivity index (χ2n) is 7.59. The smallest absolute Gasteiger partial charge is 0.341 e. The van der Waals surface area contributed by atoms with Gasteiger partial charge in [0.15, 0.2) is 5.43 Å². The number of aromatic nitrogens is 1. The second-order valence-corrected chi connectivity index (χ2v) is 8.26. The molecule has 3 aromatic rings. The Bertz CT molecular complexity index is 1220. The number of ether oxygens (including phenoxy) is 3. The van der Waals surface area contributed by atoms with Crippen molar-refractivity contribution >= 4 is 20.5 Å². The number of methoxy groups -OCH3 is 1. The molecule has 1 aliphatic heterocycles. The van der Waals surface area contributed by atoms with Gasteiger partial charge in [-0.15, -0.1) is 9.24 Å². The van der Waals surface area contributed by atoms with E-state index in [1.807, 2.05) is 43.3 Å². The molecule has 0 spiro atoms. The van der Waals surface area contributed by atoms with Crippen molar-refractivity contribution in [1.82, 2.24) is 4.57 Å². The number of benzene rings is 2. The van der Waals surface area contributed by atoms with Crippen LogP contribution in [-0.2, 0) is 4.74 Å². The normalized spacial score (nSPS) is 14.3. The Morgan fingerprint density at radius 3 is 2.62 bits per heavy atom. The van der Waals surface area contributed by atoms with Crippen LogP contribution in [0.4, 0.5) is 0 Å². The zero-order valence-electron chi connectivity index (χ0n) is 17.8. The standard InChI is InChI=1S/C24H24NO6P/c1-14-10-17-19-11-20(26)18(24(27)28)13-25(19)23(15-4-6-16(32)7-5-15)31-22(17)12-21(14)30-9-3-8-29-2/h4-7,10-13,23H,3,8-9,32H2,1-2H3,(H,27,28). The SMILES string of the molecule is COCCCOc1cc2c(cc1C)-c1cc(=O)c(C(=O)O)cn1C(c1ccc(P)cc1)O2. The summed E-state index contributed by atoms with van der Waals surface area (Å²) < 4.78 is 19.0. The first-order valence-corrected chi connectivity index (χ1v) is 10.7. The Hall–Kier alpha value is -3.15. The molecule has 0 aliphatic carbocycles. The molecule has 166 valence electrons. The minimum Gasteiger partial charge on any atom is -0.493 e. The molecule has 2 atom stereocenters. The van der Waals surface area contributed by atoms with Gasteiger partial charge in [-0.3, -0.25) is 4.79 Å². The van der Waals surface area contributed by atoms with Gasteiger partial charge in [-0.05, 0) is 23.9 Å². The minimum atomic E-state index is -1.27. The second kappa shape index (κ2) is 9.15. The summed E-state index contributed by atoms with van der Waals surface area (Å²) in [6.45, 7) is 3.03. The van der Waals surface area contributed by atoms with Crippen LogP contribution in [0.1, 0.15) is 34.1 Å². The van der Waals surface area contributed by atoms with Gasteiger partial charge in [0.05, 0.1) is 12.3 Å². The lowest BCUT2D eigenvalue weighted by Crippen LogP contribution is -2.28. The number of aromatic carboxylic acids is 1. The monoisotopic (exact) mass is 453 g/mol. The van der Waals surface area contributed by atoms with Crippen LogP contribution >= 0.6 is 9.24 Å². The first-order valence-electron chi connectivity index (χ1n) is 10.2. The average Bonchev–Trinajstić information content (AvgIpc) is 2.77. The highest BCUT2D eigenvalue weighted by Gasteiger charge is 2.29. The lowest BCUT2D eigenvalue weighted by molar-refractivity contribution is 0.0693. The van der Waals surface area contributed by atoms with Crippen molar-refractivity contribution in [3.63, 3.8) is 0 Å². The molecule has 1 aliphatic rings. The van der Waals surface area contributed by atoms with E-state index in [9.17, 15) is 14.7 Å². The van der Waals surface area contributed by atoms with E-state index in [0.717, 1.165) is 22.9 Å². The van der Waals surface area contributed by atoms with Gasteiger partial charge in [-0.25, -0.2) is 4.79 Å². The number of hydrogen-bond acceptors (Lipinski definition) is 5. The third kappa shape index (κ3) is 4.27. The van der Waals surface area contributed by atoms with Crippen LogP contribution in [0.25, 0.3) is 11.3 Å². The van der Waals surface area contributed by atoms with Gasteiger partial charge in [-0.1, -0.05) is 24.3 Å². The highest BCUT2D eigenvalue weighted by Crippen LogP contribution is 2.43. The van der Waals surface area contributed by atoms with E-state index >= 15 is 0 Å². The molecule has 0 radical (unpaired) electrons. The van der Waals surface area contributed by atoms with Gasteiger partial charge in [-0.2, -0.15) is 0 Å². The molecule has 7 nitrogen and oxygen atoms in total. The summed E-state index contributed by atoms with van der Waals surface area (Å²) in [4.78, 5) is 24.1. The molecule has 8 heteroatoms. The summed E-state index contributed by atoms with van der Waals surface area (Å²) >= 11 is 0. The predicted molar refractivity (Wildman–Crippen MR) is 124 cm³/mol. The highest BCUT2D eigenvalue weighted by atomic mass is 31.0. The van der Waals surface area contributed by atoms with E-state index in [1.54, 1.807) is 11.7 Å². The number of hydrogen-bond donors (Lipinski definition) is 1. The van der Waals surface area contributed by atoms with E-state index in [-0.39, 0.29) is 5.56 Å². The number of carboxylic acids is 1. The summed E-state index contributed by atoms with van der Waals surface area (Å²) in [5.74, 6) is -0.0113. The molecule has 2 heterocycles. The van der Waals surface area contributed by atoms with Crippen molar-refractivity contribution in [3.05, 3.63) is 75.6 Å². The number of nitrogens with zero attached hydrogens (tertiary/aromatic N) is 1. The predicted octanol–water partition coefficient (Wildman–Crippen LogP) is 3.38. The molecule has 4 rings (SSSR count). The Morgan fingerprint density at radius 2 is 1.94 bits per heavy atom. The number of carbonyl (C=O) groups is 1. The van der Waals surface area contributed by atoms with Crippen LogP contribution in [0.3, 0.4) is 0 Å². The summed E-state index contributed by atoms with van der Waals surface area (Å²) in [6, 6.07) is 12.8. The van der Waals surface area contributed by atoms with Crippen LogP contribution in [0.15, 0.2) is 53.5 Å². The molecule has 0 amide bonds. The lowest BCUT2D eigenvalue weighted by Gasteiger charge is -2.32. The summed E-state index contributed by atoms with van der Waals surface area (Å²) in [7, 11) is 4.28. The summed E-state index contributed by atoms with van der Waals surface area (Å²) in [6.07, 6.45) is 1.48. The fourth-order valence-electron chi connectivity index (χ4n) is 3.69. The molecule has 0 saturated carbocycles. The van der Waals surface area contributed by atoms with Gasteiger partial charge in [0.2, 0.25) is 6.23 Å². The zero-order valence-corrected chi connectivity index (χ0v) is 19.0. The van der Waals surface area contributed by atoms with Gasteiger partial charge < -0.3 is 23.9 Å². The maximum absolute atomic E-state index is 12.5. The van der Waals surface area contributed by atoms with E-state index < -0.39 is 17.6 Å². The number of rotatable bonds is 7. The van der Waals surface area contributed by atoms with Crippen LogP contribution in [0, 0.1) is 6.92 Å². The molecule has 1 N–H and O–H groups in total. The first-order chi connectivity index (χ1) is 15.4. The van der Waals surface area contributed by atoms with Crippen LogP contribution in [-0.4, -0.2) is 36.0 Å². The van der Waals surface area contributed by atoms with Gasteiger partial charge in [0, 0.05) is 49.6 Å². The Balaban J connectivity index is 1.83. The fourth-order valence-corrected chi connectivity index (χ4v) is 3.89. The number of fused-ring (bicyclic) bond motifs is 3. The van der Waals surface area contributed by atoms with E-state index in [0.29, 0.717) is 36.0 Å². The van der Waals surface area contributed by atoms with Gasteiger partial charge in [0.1, 0.15) is 17.1 Å². The highest BCUT2D eigenvalue weighted by molar-refractivity contribution is 7.27. The summed E-state index contributed by atoms with van der Waals surface area (Å²) in [5, 5.41) is 10.5. The Kier molecular flexibility index (Phi) is 6.31.